The van der Waals surface area contributed by atoms with E-state index in [0.29, 0.717) is 18.2 Å². The van der Waals surface area contributed by atoms with Gasteiger partial charge in [-0.25, -0.2) is 14.8 Å². The molecule has 2 rings (SSSR count). The summed E-state index contributed by atoms with van der Waals surface area (Å²) in [6.07, 6.45) is 3.88. The van der Waals surface area contributed by atoms with Crippen LogP contribution in [0.2, 0.25) is 0 Å². The Morgan fingerprint density at radius 3 is 3.07 bits per heavy atom. The van der Waals surface area contributed by atoms with Gasteiger partial charge in [0.1, 0.15) is 5.82 Å². The van der Waals surface area contributed by atoms with E-state index in [1.807, 2.05) is 0 Å². The van der Waals surface area contributed by atoms with Crippen LogP contribution in [-0.4, -0.2) is 22.5 Å². The molecule has 1 aromatic rings. The van der Waals surface area contributed by atoms with E-state index >= 15 is 0 Å². The van der Waals surface area contributed by atoms with Crippen molar-refractivity contribution in [2.24, 2.45) is 0 Å². The summed E-state index contributed by atoms with van der Waals surface area (Å²) in [5.41, 5.74) is 0.365. The predicted octanol–water partition coefficient (Wildman–Crippen LogP) is 1.53. The molecule has 1 saturated carbocycles. The van der Waals surface area contributed by atoms with Gasteiger partial charge < -0.3 is 4.74 Å². The highest BCUT2D eigenvalue weighted by Gasteiger charge is 2.27. The summed E-state index contributed by atoms with van der Waals surface area (Å²) < 4.78 is 4.85. The largest absolute Gasteiger partial charge is 0.461 e. The van der Waals surface area contributed by atoms with Crippen LogP contribution in [0.5, 0.6) is 0 Å². The summed E-state index contributed by atoms with van der Waals surface area (Å²) >= 11 is 0. The van der Waals surface area contributed by atoms with E-state index in [9.17, 15) is 4.79 Å². The fourth-order valence-corrected chi connectivity index (χ4v) is 1.23. The lowest BCUT2D eigenvalue weighted by atomic mass is 10.3. The molecule has 0 bridgehead atoms. The van der Waals surface area contributed by atoms with Gasteiger partial charge in [0.15, 0.2) is 5.69 Å². The molecule has 4 nitrogen and oxygen atoms in total. The van der Waals surface area contributed by atoms with Gasteiger partial charge in [0.2, 0.25) is 0 Å². The van der Waals surface area contributed by atoms with E-state index in [-0.39, 0.29) is 5.97 Å². The molecule has 0 saturated heterocycles. The number of aromatic nitrogens is 2. The van der Waals surface area contributed by atoms with Gasteiger partial charge in [-0.15, -0.1) is 0 Å². The molecule has 0 unspecified atom stereocenters. The third kappa shape index (κ3) is 1.89. The number of esters is 1. The maximum atomic E-state index is 11.3. The Bertz CT molecular complexity index is 348. The second-order valence-corrected chi connectivity index (χ2v) is 3.29. The van der Waals surface area contributed by atoms with Crippen LogP contribution in [0.4, 0.5) is 0 Å². The van der Waals surface area contributed by atoms with E-state index in [4.69, 9.17) is 4.74 Å². The minimum absolute atomic E-state index is 0.364. The molecule has 1 fully saturated rings. The Kier molecular flexibility index (Phi) is 2.43. The maximum absolute atomic E-state index is 11.3. The molecule has 14 heavy (non-hydrogen) atoms. The molecular weight excluding hydrogens is 180 g/mol. The van der Waals surface area contributed by atoms with Crippen LogP contribution >= 0.6 is 0 Å². The van der Waals surface area contributed by atoms with Gasteiger partial charge in [-0.1, -0.05) is 0 Å². The molecule has 74 valence electrons. The average molecular weight is 192 g/mol. The Morgan fingerprint density at radius 1 is 1.64 bits per heavy atom. The van der Waals surface area contributed by atoms with Crippen LogP contribution in [-0.2, 0) is 4.74 Å². The third-order valence-electron chi connectivity index (χ3n) is 2.10. The van der Waals surface area contributed by atoms with E-state index in [1.54, 1.807) is 19.2 Å². The molecule has 0 aliphatic heterocycles. The quantitative estimate of drug-likeness (QED) is 0.681. The van der Waals surface area contributed by atoms with Crippen LogP contribution in [0.3, 0.4) is 0 Å². The Morgan fingerprint density at radius 2 is 2.43 bits per heavy atom. The zero-order valence-electron chi connectivity index (χ0n) is 8.06. The van der Waals surface area contributed by atoms with Crippen molar-refractivity contribution in [1.82, 2.24) is 9.97 Å². The van der Waals surface area contributed by atoms with Gasteiger partial charge in [-0.2, -0.15) is 0 Å². The zero-order valence-corrected chi connectivity index (χ0v) is 8.06. The van der Waals surface area contributed by atoms with Crippen LogP contribution in [0.1, 0.15) is 42.0 Å². The Labute approximate surface area is 82.3 Å². The van der Waals surface area contributed by atoms with Crippen molar-refractivity contribution in [3.63, 3.8) is 0 Å². The van der Waals surface area contributed by atoms with E-state index in [2.05, 4.69) is 9.97 Å². The first kappa shape index (κ1) is 9.12. The summed E-state index contributed by atoms with van der Waals surface area (Å²) in [5.74, 6) is 0.872. The lowest BCUT2D eigenvalue weighted by Crippen LogP contribution is -2.08. The number of rotatable bonds is 3. The van der Waals surface area contributed by atoms with Gasteiger partial charge >= 0.3 is 5.97 Å². The van der Waals surface area contributed by atoms with Crippen molar-refractivity contribution < 1.29 is 9.53 Å². The summed E-state index contributed by atoms with van der Waals surface area (Å²) in [5, 5.41) is 0. The van der Waals surface area contributed by atoms with Crippen LogP contribution in [0, 0.1) is 0 Å². The predicted molar refractivity (Wildman–Crippen MR) is 50.0 cm³/mol. The van der Waals surface area contributed by atoms with Gasteiger partial charge in [0, 0.05) is 12.1 Å². The van der Waals surface area contributed by atoms with Gasteiger partial charge in [0.25, 0.3) is 0 Å². The molecule has 0 spiro atoms. The van der Waals surface area contributed by atoms with Gasteiger partial charge in [-0.05, 0) is 25.8 Å². The highest BCUT2D eigenvalue weighted by molar-refractivity contribution is 5.87. The molecule has 0 N–H and O–H groups in total. The third-order valence-corrected chi connectivity index (χ3v) is 2.10. The Balaban J connectivity index is 2.16. The molecule has 0 atom stereocenters. The first-order valence-corrected chi connectivity index (χ1v) is 4.81. The van der Waals surface area contributed by atoms with Crippen molar-refractivity contribution >= 4 is 5.97 Å². The lowest BCUT2D eigenvalue weighted by Gasteiger charge is -2.01. The van der Waals surface area contributed by atoms with E-state index < -0.39 is 0 Å². The summed E-state index contributed by atoms with van der Waals surface area (Å²) in [6.45, 7) is 2.16. The number of carbonyl (C=O) groups is 1. The first-order chi connectivity index (χ1) is 6.81. The minimum atomic E-state index is -0.364. The topological polar surface area (TPSA) is 52.1 Å². The van der Waals surface area contributed by atoms with Crippen molar-refractivity contribution in [3.8, 4) is 0 Å². The van der Waals surface area contributed by atoms with Crippen molar-refractivity contribution in [3.05, 3.63) is 23.8 Å². The smallest absolute Gasteiger partial charge is 0.357 e. The second-order valence-electron chi connectivity index (χ2n) is 3.29. The monoisotopic (exact) mass is 192 g/mol. The standard InChI is InChI=1S/C10H12N2O2/c1-2-14-10(13)8-5-6-11-9(12-8)7-3-4-7/h5-7H,2-4H2,1H3. The maximum Gasteiger partial charge on any atom is 0.357 e. The Hall–Kier alpha value is -1.45. The van der Waals surface area contributed by atoms with Gasteiger partial charge in [0.05, 0.1) is 6.61 Å². The fourth-order valence-electron chi connectivity index (χ4n) is 1.23. The number of hydrogen-bond donors (Lipinski definition) is 0. The fraction of sp³-hybridized carbons (Fsp3) is 0.500. The summed E-state index contributed by atoms with van der Waals surface area (Å²) in [6, 6.07) is 1.59. The molecule has 1 aliphatic rings. The molecule has 0 radical (unpaired) electrons. The van der Waals surface area contributed by atoms with E-state index in [1.165, 1.54) is 0 Å². The average Bonchev–Trinajstić information content (AvgIpc) is 3.02. The molecule has 1 heterocycles. The summed E-state index contributed by atoms with van der Waals surface area (Å²) in [7, 11) is 0. The number of hydrogen-bond acceptors (Lipinski definition) is 4. The van der Waals surface area contributed by atoms with Crippen molar-refractivity contribution in [1.29, 1.82) is 0 Å². The molecular formula is C10H12N2O2. The molecule has 0 amide bonds. The second kappa shape index (κ2) is 3.74. The number of nitrogens with zero attached hydrogens (tertiary/aromatic N) is 2. The number of ether oxygens (including phenoxy) is 1. The lowest BCUT2D eigenvalue weighted by molar-refractivity contribution is 0.0519. The van der Waals surface area contributed by atoms with Crippen LogP contribution in [0.15, 0.2) is 12.3 Å². The van der Waals surface area contributed by atoms with Crippen molar-refractivity contribution in [2.45, 2.75) is 25.7 Å². The van der Waals surface area contributed by atoms with Crippen LogP contribution < -0.4 is 0 Å². The van der Waals surface area contributed by atoms with Crippen molar-refractivity contribution in [2.75, 3.05) is 6.61 Å². The minimum Gasteiger partial charge on any atom is -0.461 e. The first-order valence-electron chi connectivity index (χ1n) is 4.81. The highest BCUT2D eigenvalue weighted by Crippen LogP contribution is 2.37. The highest BCUT2D eigenvalue weighted by atomic mass is 16.5. The van der Waals surface area contributed by atoms with E-state index in [0.717, 1.165) is 18.7 Å². The normalized spacial score (nSPS) is 15.2. The van der Waals surface area contributed by atoms with Crippen LogP contribution in [0.25, 0.3) is 0 Å². The zero-order chi connectivity index (χ0) is 9.97. The SMILES string of the molecule is CCOC(=O)c1ccnc(C2CC2)n1. The molecule has 1 aromatic heterocycles. The number of carbonyl (C=O) groups excluding carboxylic acids is 1. The van der Waals surface area contributed by atoms with Gasteiger partial charge in [-0.3, -0.25) is 0 Å². The molecule has 1 aliphatic carbocycles. The summed E-state index contributed by atoms with van der Waals surface area (Å²) in [4.78, 5) is 19.6. The molecule has 0 aromatic carbocycles. The molecule has 4 heteroatoms.